The third-order valence-electron chi connectivity index (χ3n) is 3.21. The summed E-state index contributed by atoms with van der Waals surface area (Å²) in [5, 5.41) is 6.42. The van der Waals surface area contributed by atoms with E-state index in [0.29, 0.717) is 12.0 Å². The molecule has 2 N–H and O–H groups in total. The molecule has 1 aliphatic heterocycles. The lowest BCUT2D eigenvalue weighted by molar-refractivity contribution is 0.0368. The molecule has 19 heavy (non-hydrogen) atoms. The maximum absolute atomic E-state index is 5.36. The van der Waals surface area contributed by atoms with Crippen LogP contribution in [0.15, 0.2) is 6.20 Å². The van der Waals surface area contributed by atoms with Crippen molar-refractivity contribution in [3.05, 3.63) is 11.8 Å². The van der Waals surface area contributed by atoms with Gasteiger partial charge < -0.3 is 15.4 Å². The Bertz CT molecular complexity index is 406. The molecule has 2 rings (SSSR count). The van der Waals surface area contributed by atoms with E-state index in [9.17, 15) is 0 Å². The van der Waals surface area contributed by atoms with E-state index in [-0.39, 0.29) is 0 Å². The van der Waals surface area contributed by atoms with E-state index in [0.717, 1.165) is 44.2 Å². The van der Waals surface area contributed by atoms with Gasteiger partial charge in [0.25, 0.3) is 0 Å². The van der Waals surface area contributed by atoms with Crippen molar-refractivity contribution in [1.29, 1.82) is 0 Å². The van der Waals surface area contributed by atoms with Crippen LogP contribution in [-0.4, -0.2) is 60.8 Å². The lowest BCUT2D eigenvalue weighted by Crippen LogP contribution is -2.42. The summed E-state index contributed by atoms with van der Waals surface area (Å²) in [6.45, 7) is 8.89. The highest BCUT2D eigenvalue weighted by molar-refractivity contribution is 5.46. The number of aromatic nitrogens is 2. The molecule has 6 heteroatoms. The van der Waals surface area contributed by atoms with Gasteiger partial charge in [0.2, 0.25) is 5.95 Å². The standard InChI is InChI=1S/C13H23N5O/c1-10-8-15-13(14-3)17-12(10)16-11(2)9-18-4-6-19-7-5-18/h8,11H,4-7,9H2,1-3H3,(H2,14,15,16,17). The Labute approximate surface area is 114 Å². The Balaban J connectivity index is 1.92. The van der Waals surface area contributed by atoms with E-state index in [1.807, 2.05) is 20.2 Å². The number of anilines is 2. The smallest absolute Gasteiger partial charge is 0.224 e. The zero-order valence-corrected chi connectivity index (χ0v) is 11.9. The minimum Gasteiger partial charge on any atom is -0.379 e. The van der Waals surface area contributed by atoms with Crippen LogP contribution in [0.1, 0.15) is 12.5 Å². The number of hydrogen-bond donors (Lipinski definition) is 2. The van der Waals surface area contributed by atoms with Gasteiger partial charge in [0.1, 0.15) is 5.82 Å². The molecule has 1 aliphatic rings. The molecule has 0 amide bonds. The molecule has 1 unspecified atom stereocenters. The number of rotatable bonds is 5. The van der Waals surface area contributed by atoms with Gasteiger partial charge >= 0.3 is 0 Å². The first kappa shape index (κ1) is 14.0. The summed E-state index contributed by atoms with van der Waals surface area (Å²) >= 11 is 0. The fraction of sp³-hybridized carbons (Fsp3) is 0.692. The van der Waals surface area contributed by atoms with Crippen LogP contribution in [0.3, 0.4) is 0 Å². The first-order valence-corrected chi connectivity index (χ1v) is 6.77. The average Bonchev–Trinajstić information content (AvgIpc) is 2.42. The van der Waals surface area contributed by atoms with Gasteiger partial charge in [-0.15, -0.1) is 0 Å². The molecule has 1 aromatic heterocycles. The second kappa shape index (κ2) is 6.68. The molecular weight excluding hydrogens is 242 g/mol. The summed E-state index contributed by atoms with van der Waals surface area (Å²) < 4.78 is 5.36. The first-order valence-electron chi connectivity index (χ1n) is 6.77. The second-order valence-corrected chi connectivity index (χ2v) is 4.93. The summed E-state index contributed by atoms with van der Waals surface area (Å²) in [6.07, 6.45) is 1.84. The van der Waals surface area contributed by atoms with Crippen molar-refractivity contribution in [1.82, 2.24) is 14.9 Å². The van der Waals surface area contributed by atoms with Crippen molar-refractivity contribution in [2.45, 2.75) is 19.9 Å². The normalized spacial score (nSPS) is 18.1. The summed E-state index contributed by atoms with van der Waals surface area (Å²) in [4.78, 5) is 11.1. The Morgan fingerprint density at radius 1 is 1.42 bits per heavy atom. The number of aryl methyl sites for hydroxylation is 1. The molecule has 1 fully saturated rings. The number of hydrogen-bond acceptors (Lipinski definition) is 6. The molecule has 0 aromatic carbocycles. The van der Waals surface area contributed by atoms with Crippen LogP contribution in [0.25, 0.3) is 0 Å². The molecule has 106 valence electrons. The van der Waals surface area contributed by atoms with E-state index in [2.05, 4.69) is 32.4 Å². The largest absolute Gasteiger partial charge is 0.379 e. The van der Waals surface area contributed by atoms with Crippen molar-refractivity contribution < 1.29 is 4.74 Å². The van der Waals surface area contributed by atoms with Crippen LogP contribution in [0, 0.1) is 6.92 Å². The highest BCUT2D eigenvalue weighted by Gasteiger charge is 2.14. The minimum atomic E-state index is 0.344. The number of nitrogens with one attached hydrogen (secondary N) is 2. The predicted octanol–water partition coefficient (Wildman–Crippen LogP) is 0.959. The number of nitrogens with zero attached hydrogens (tertiary/aromatic N) is 3. The maximum atomic E-state index is 5.36. The molecule has 1 atom stereocenters. The highest BCUT2D eigenvalue weighted by Crippen LogP contribution is 2.13. The van der Waals surface area contributed by atoms with Crippen LogP contribution in [-0.2, 0) is 4.74 Å². The topological polar surface area (TPSA) is 62.3 Å². The summed E-state index contributed by atoms with van der Waals surface area (Å²) in [5.41, 5.74) is 1.06. The summed E-state index contributed by atoms with van der Waals surface area (Å²) in [7, 11) is 1.83. The third kappa shape index (κ3) is 4.04. The van der Waals surface area contributed by atoms with Crippen LogP contribution in [0.4, 0.5) is 11.8 Å². The molecule has 0 aliphatic carbocycles. The molecule has 0 spiro atoms. The lowest BCUT2D eigenvalue weighted by Gasteiger charge is -2.29. The molecule has 0 bridgehead atoms. The Morgan fingerprint density at radius 2 is 2.16 bits per heavy atom. The van der Waals surface area contributed by atoms with Crippen LogP contribution in [0.2, 0.25) is 0 Å². The van der Waals surface area contributed by atoms with Crippen molar-refractivity contribution in [3.8, 4) is 0 Å². The van der Waals surface area contributed by atoms with E-state index < -0.39 is 0 Å². The molecule has 1 aromatic rings. The fourth-order valence-electron chi connectivity index (χ4n) is 2.16. The molecular formula is C13H23N5O. The molecule has 0 saturated carbocycles. The lowest BCUT2D eigenvalue weighted by atomic mass is 10.2. The van der Waals surface area contributed by atoms with Gasteiger partial charge in [0.05, 0.1) is 13.2 Å². The van der Waals surface area contributed by atoms with Gasteiger partial charge in [-0.2, -0.15) is 4.98 Å². The van der Waals surface area contributed by atoms with Gasteiger partial charge in [-0.3, -0.25) is 4.90 Å². The van der Waals surface area contributed by atoms with Gasteiger partial charge in [-0.1, -0.05) is 0 Å². The third-order valence-corrected chi connectivity index (χ3v) is 3.21. The minimum absolute atomic E-state index is 0.344. The Kier molecular flexibility index (Phi) is 4.93. The molecule has 6 nitrogen and oxygen atoms in total. The first-order chi connectivity index (χ1) is 9.19. The zero-order chi connectivity index (χ0) is 13.7. The van der Waals surface area contributed by atoms with Crippen molar-refractivity contribution in [2.75, 3.05) is 50.5 Å². The number of morpholine rings is 1. The quantitative estimate of drug-likeness (QED) is 0.827. The Hall–Kier alpha value is -1.40. The molecule has 2 heterocycles. The van der Waals surface area contributed by atoms with E-state index in [1.165, 1.54) is 0 Å². The summed E-state index contributed by atoms with van der Waals surface area (Å²) in [5.74, 6) is 1.55. The molecule has 0 radical (unpaired) electrons. The van der Waals surface area contributed by atoms with E-state index >= 15 is 0 Å². The van der Waals surface area contributed by atoms with E-state index in [1.54, 1.807) is 0 Å². The van der Waals surface area contributed by atoms with Crippen molar-refractivity contribution >= 4 is 11.8 Å². The van der Waals surface area contributed by atoms with Crippen LogP contribution in [0.5, 0.6) is 0 Å². The maximum Gasteiger partial charge on any atom is 0.224 e. The van der Waals surface area contributed by atoms with Crippen LogP contribution < -0.4 is 10.6 Å². The monoisotopic (exact) mass is 265 g/mol. The number of ether oxygens (including phenoxy) is 1. The molecule has 1 saturated heterocycles. The van der Waals surface area contributed by atoms with Gasteiger partial charge in [-0.05, 0) is 13.8 Å². The fourth-order valence-corrected chi connectivity index (χ4v) is 2.16. The van der Waals surface area contributed by atoms with E-state index in [4.69, 9.17) is 4.74 Å². The second-order valence-electron chi connectivity index (χ2n) is 4.93. The summed E-state index contributed by atoms with van der Waals surface area (Å²) in [6, 6.07) is 0.344. The average molecular weight is 265 g/mol. The SMILES string of the molecule is CNc1ncc(C)c(NC(C)CN2CCOCC2)n1. The zero-order valence-electron chi connectivity index (χ0n) is 11.9. The highest BCUT2D eigenvalue weighted by atomic mass is 16.5. The van der Waals surface area contributed by atoms with Gasteiger partial charge in [-0.25, -0.2) is 4.98 Å². The van der Waals surface area contributed by atoms with Crippen LogP contribution >= 0.6 is 0 Å². The van der Waals surface area contributed by atoms with Crippen molar-refractivity contribution in [2.24, 2.45) is 0 Å². The van der Waals surface area contributed by atoms with Gasteiger partial charge in [0, 0.05) is 44.5 Å². The predicted molar refractivity (Wildman–Crippen MR) is 76.7 cm³/mol. The van der Waals surface area contributed by atoms with Gasteiger partial charge in [0.15, 0.2) is 0 Å². The van der Waals surface area contributed by atoms with Crippen molar-refractivity contribution in [3.63, 3.8) is 0 Å². The Morgan fingerprint density at radius 3 is 2.84 bits per heavy atom.